The van der Waals surface area contributed by atoms with Crippen LogP contribution in [0.3, 0.4) is 0 Å². The first-order valence-corrected chi connectivity index (χ1v) is 12.8. The number of nitrogens with zero attached hydrogens (tertiary/aromatic N) is 2. The summed E-state index contributed by atoms with van der Waals surface area (Å²) in [5, 5.41) is 3.59. The predicted molar refractivity (Wildman–Crippen MR) is 116 cm³/mol. The quantitative estimate of drug-likeness (QED) is 0.169. The first kappa shape index (κ1) is 28.7. The summed E-state index contributed by atoms with van der Waals surface area (Å²) in [5.41, 5.74) is -2.29. The molecule has 0 aromatic carbocycles. The van der Waals surface area contributed by atoms with E-state index in [4.69, 9.17) is 18.3 Å². The maximum Gasteiger partial charge on any atom is 0.345 e. The average Bonchev–Trinajstić information content (AvgIpc) is 3.14. The lowest BCUT2D eigenvalue weighted by Gasteiger charge is -2.27. The lowest BCUT2D eigenvalue weighted by atomic mass is 10.1. The summed E-state index contributed by atoms with van der Waals surface area (Å²) in [6.45, 7) is 10.3. The number of hydrogen-bond acceptors (Lipinski definition) is 8. The van der Waals surface area contributed by atoms with Crippen molar-refractivity contribution in [3.05, 3.63) is 11.7 Å². The fourth-order valence-corrected chi connectivity index (χ4v) is 4.84. The Balaban J connectivity index is 3.04. The van der Waals surface area contributed by atoms with Gasteiger partial charge < -0.3 is 18.3 Å². The van der Waals surface area contributed by atoms with Gasteiger partial charge in [-0.05, 0) is 41.0 Å². The molecular weight excluding hydrogens is 445 g/mol. The van der Waals surface area contributed by atoms with Crippen molar-refractivity contribution < 1.29 is 36.4 Å². The molecule has 11 heteroatoms. The number of carbonyl (C=O) groups is 1. The van der Waals surface area contributed by atoms with Crippen LogP contribution in [-0.4, -0.2) is 40.6 Å². The second-order valence-corrected chi connectivity index (χ2v) is 10.7. The van der Waals surface area contributed by atoms with Crippen LogP contribution in [0, 0.1) is 0 Å². The zero-order chi connectivity index (χ0) is 24.4. The van der Waals surface area contributed by atoms with E-state index in [0.29, 0.717) is 12.8 Å². The Hall–Kier alpha value is -1.38. The summed E-state index contributed by atoms with van der Waals surface area (Å²) in [6.07, 6.45) is 3.14. The van der Waals surface area contributed by atoms with Gasteiger partial charge in [0.05, 0.1) is 13.2 Å². The molecule has 0 amide bonds. The van der Waals surface area contributed by atoms with Crippen LogP contribution in [0.1, 0.15) is 91.8 Å². The molecule has 0 aliphatic carbocycles. The molecule has 0 aliphatic rings. The smallest absolute Gasteiger partial charge is 0.345 e. The minimum atomic E-state index is -3.98. The molecule has 0 saturated heterocycles. The molecule has 0 fully saturated rings. The molecule has 0 aliphatic heterocycles. The van der Waals surface area contributed by atoms with E-state index in [2.05, 4.69) is 17.1 Å². The van der Waals surface area contributed by atoms with Gasteiger partial charge in [0.25, 0.3) is 5.89 Å². The highest BCUT2D eigenvalue weighted by atomic mass is 31.2. The monoisotopic (exact) mass is 482 g/mol. The summed E-state index contributed by atoms with van der Waals surface area (Å²) in [4.78, 5) is 16.6. The van der Waals surface area contributed by atoms with E-state index >= 15 is 0 Å². The van der Waals surface area contributed by atoms with Gasteiger partial charge in [-0.1, -0.05) is 37.8 Å². The molecule has 1 aromatic heterocycles. The maximum absolute atomic E-state index is 14.5. The molecule has 0 saturated carbocycles. The van der Waals surface area contributed by atoms with Crippen molar-refractivity contribution in [3.63, 3.8) is 0 Å². The van der Waals surface area contributed by atoms with Crippen LogP contribution in [0.25, 0.3) is 0 Å². The number of esters is 1. The molecule has 1 unspecified atom stereocenters. The van der Waals surface area contributed by atoms with Gasteiger partial charge in [-0.2, -0.15) is 13.8 Å². The van der Waals surface area contributed by atoms with Gasteiger partial charge in [0.2, 0.25) is 0 Å². The third-order valence-corrected chi connectivity index (χ3v) is 6.82. The summed E-state index contributed by atoms with van der Waals surface area (Å²) < 4.78 is 63.0. The van der Waals surface area contributed by atoms with Crippen LogP contribution in [0.15, 0.2) is 4.52 Å². The molecule has 1 heterocycles. The van der Waals surface area contributed by atoms with E-state index in [1.165, 1.54) is 0 Å². The van der Waals surface area contributed by atoms with Crippen LogP contribution in [0.4, 0.5) is 8.78 Å². The van der Waals surface area contributed by atoms with E-state index in [1.807, 2.05) is 0 Å². The Morgan fingerprint density at radius 2 is 1.66 bits per heavy atom. The highest BCUT2D eigenvalue weighted by Crippen LogP contribution is 2.54. The SMILES string of the molecule is CCCCCCCC(F)(F)c1nc(CC(C(=O)OC(C)(C)C)P(=O)(OCC)OCC)no1. The molecular formula is C21H37F2N2O6P. The molecule has 1 atom stereocenters. The van der Waals surface area contributed by atoms with Gasteiger partial charge >= 0.3 is 19.5 Å². The molecule has 32 heavy (non-hydrogen) atoms. The first-order chi connectivity index (χ1) is 14.9. The summed E-state index contributed by atoms with van der Waals surface area (Å²) >= 11 is 0. The molecule has 186 valence electrons. The topological polar surface area (TPSA) is 101 Å². The second kappa shape index (κ2) is 12.8. The molecule has 0 spiro atoms. The Labute approximate surface area is 189 Å². The van der Waals surface area contributed by atoms with E-state index in [9.17, 15) is 18.1 Å². The van der Waals surface area contributed by atoms with Gasteiger partial charge in [0, 0.05) is 12.8 Å². The van der Waals surface area contributed by atoms with Crippen LogP contribution >= 0.6 is 7.60 Å². The number of rotatable bonds is 15. The van der Waals surface area contributed by atoms with Crippen LogP contribution in [0.5, 0.6) is 0 Å². The molecule has 0 bridgehead atoms. The third kappa shape index (κ3) is 9.24. The average molecular weight is 483 g/mol. The Morgan fingerprint density at radius 3 is 2.19 bits per heavy atom. The Bertz CT molecular complexity index is 741. The van der Waals surface area contributed by atoms with Gasteiger partial charge in [-0.15, -0.1) is 0 Å². The zero-order valence-corrected chi connectivity index (χ0v) is 20.9. The minimum absolute atomic E-state index is 0.0180. The lowest BCUT2D eigenvalue weighted by Crippen LogP contribution is -2.34. The predicted octanol–water partition coefficient (Wildman–Crippen LogP) is 6.04. The van der Waals surface area contributed by atoms with Crippen LogP contribution in [0.2, 0.25) is 0 Å². The number of hydrogen-bond donors (Lipinski definition) is 0. The van der Waals surface area contributed by atoms with E-state index < -0.39 is 43.1 Å². The van der Waals surface area contributed by atoms with Crippen molar-refractivity contribution in [2.24, 2.45) is 0 Å². The van der Waals surface area contributed by atoms with Crippen molar-refractivity contribution in [3.8, 4) is 0 Å². The largest absolute Gasteiger partial charge is 0.459 e. The van der Waals surface area contributed by atoms with Crippen molar-refractivity contribution in [1.29, 1.82) is 0 Å². The van der Waals surface area contributed by atoms with E-state index in [0.717, 1.165) is 19.3 Å². The summed E-state index contributed by atoms with van der Waals surface area (Å²) in [6, 6.07) is 0. The summed E-state index contributed by atoms with van der Waals surface area (Å²) in [5.74, 6) is -5.16. The molecule has 8 nitrogen and oxygen atoms in total. The van der Waals surface area contributed by atoms with E-state index in [1.54, 1.807) is 34.6 Å². The third-order valence-electron chi connectivity index (χ3n) is 4.43. The number of aromatic nitrogens is 2. The normalized spacial score (nSPS) is 13.9. The minimum Gasteiger partial charge on any atom is -0.459 e. The van der Waals surface area contributed by atoms with Gasteiger partial charge in [-0.25, -0.2) is 0 Å². The van der Waals surface area contributed by atoms with Crippen molar-refractivity contribution >= 4 is 13.6 Å². The fourth-order valence-electron chi connectivity index (χ4n) is 2.99. The van der Waals surface area contributed by atoms with Gasteiger partial charge in [-0.3, -0.25) is 9.36 Å². The summed E-state index contributed by atoms with van der Waals surface area (Å²) in [7, 11) is -3.98. The number of unbranched alkanes of at least 4 members (excludes halogenated alkanes) is 4. The Kier molecular flexibility index (Phi) is 11.4. The number of halogens is 2. The highest BCUT2D eigenvalue weighted by molar-refractivity contribution is 7.55. The van der Waals surface area contributed by atoms with Crippen molar-refractivity contribution in [2.45, 2.75) is 104 Å². The van der Waals surface area contributed by atoms with Gasteiger partial charge in [0.15, 0.2) is 11.5 Å². The zero-order valence-electron chi connectivity index (χ0n) is 20.0. The van der Waals surface area contributed by atoms with Crippen LogP contribution < -0.4 is 0 Å². The Morgan fingerprint density at radius 1 is 1.06 bits per heavy atom. The molecule has 1 rings (SSSR count). The lowest BCUT2D eigenvalue weighted by molar-refractivity contribution is -0.154. The van der Waals surface area contributed by atoms with Crippen molar-refractivity contribution in [1.82, 2.24) is 10.1 Å². The van der Waals surface area contributed by atoms with Crippen LogP contribution in [-0.2, 0) is 35.5 Å². The highest BCUT2D eigenvalue weighted by Gasteiger charge is 2.45. The fraction of sp³-hybridized carbons (Fsp3) is 0.857. The molecule has 1 aromatic rings. The maximum atomic E-state index is 14.5. The number of carbonyl (C=O) groups excluding carboxylic acids is 1. The van der Waals surface area contributed by atoms with Crippen molar-refractivity contribution in [2.75, 3.05) is 13.2 Å². The van der Waals surface area contributed by atoms with E-state index in [-0.39, 0.29) is 25.5 Å². The second-order valence-electron chi connectivity index (χ2n) is 8.51. The first-order valence-electron chi connectivity index (χ1n) is 11.2. The molecule has 0 radical (unpaired) electrons. The number of ether oxygens (including phenoxy) is 1. The number of alkyl halides is 2. The van der Waals surface area contributed by atoms with Gasteiger partial charge in [0.1, 0.15) is 5.60 Å². The molecule has 0 N–H and O–H groups in total. The standard InChI is InChI=1S/C21H37F2N2O6P/c1-7-10-11-12-13-14-21(22,23)19-24-17(25-31-19)15-16(18(26)30-20(4,5)6)32(27,28-8-2)29-9-3/h16H,7-15H2,1-6H3.